The van der Waals surface area contributed by atoms with Crippen molar-refractivity contribution < 1.29 is 9.32 Å². The van der Waals surface area contributed by atoms with E-state index < -0.39 is 0 Å². The van der Waals surface area contributed by atoms with Crippen LogP contribution in [0.15, 0.2) is 28.8 Å². The number of halogens is 1. The molecule has 0 aliphatic carbocycles. The summed E-state index contributed by atoms with van der Waals surface area (Å²) in [7, 11) is 3.93. The van der Waals surface area contributed by atoms with Crippen LogP contribution in [0.4, 0.5) is 0 Å². The van der Waals surface area contributed by atoms with E-state index in [1.807, 2.05) is 43.3 Å². The third-order valence-corrected chi connectivity index (χ3v) is 3.51. The molecule has 0 spiro atoms. The number of likely N-dealkylation sites (N-methyl/N-ethyl adjacent to an activating group) is 1. The van der Waals surface area contributed by atoms with Gasteiger partial charge < -0.3 is 14.7 Å². The molecule has 0 aliphatic heterocycles. The van der Waals surface area contributed by atoms with Gasteiger partial charge in [0.25, 0.3) is 0 Å². The predicted octanol–water partition coefficient (Wildman–Crippen LogP) is 1.99. The van der Waals surface area contributed by atoms with Crippen LogP contribution in [-0.2, 0) is 11.2 Å². The van der Waals surface area contributed by atoms with E-state index in [9.17, 15) is 4.79 Å². The van der Waals surface area contributed by atoms with Crippen LogP contribution in [-0.4, -0.2) is 41.6 Å². The average Bonchev–Trinajstić information content (AvgIpc) is 2.86. The molecular weight excluding hydrogens is 304 g/mol. The molecule has 0 bridgehead atoms. The van der Waals surface area contributed by atoms with Crippen LogP contribution in [0, 0.1) is 6.92 Å². The van der Waals surface area contributed by atoms with E-state index >= 15 is 0 Å². The molecule has 2 rings (SSSR count). The Morgan fingerprint density at radius 1 is 1.36 bits per heavy atom. The van der Waals surface area contributed by atoms with E-state index in [-0.39, 0.29) is 18.4 Å². The largest absolute Gasteiger partial charge is 0.354 e. The quantitative estimate of drug-likeness (QED) is 0.880. The number of rotatable bonds is 6. The summed E-state index contributed by atoms with van der Waals surface area (Å²) in [4.78, 5) is 18.0. The Balaban J connectivity index is 1.94. The SMILES string of the molecule is Cc1nc(CC(=O)NCC(c2ccc(Cl)cc2)N(C)C)no1. The van der Waals surface area contributed by atoms with Crippen LogP contribution in [0.1, 0.15) is 23.3 Å². The van der Waals surface area contributed by atoms with E-state index in [1.54, 1.807) is 6.92 Å². The van der Waals surface area contributed by atoms with Crippen LogP contribution >= 0.6 is 11.6 Å². The standard InChI is InChI=1S/C15H19ClN4O2/c1-10-18-14(19-22-10)8-15(21)17-9-13(20(2)3)11-4-6-12(16)7-5-11/h4-7,13H,8-9H2,1-3H3,(H,17,21). The number of hydrogen-bond donors (Lipinski definition) is 1. The molecular formula is C15H19ClN4O2. The van der Waals surface area contributed by atoms with Gasteiger partial charge in [-0.2, -0.15) is 4.98 Å². The minimum absolute atomic E-state index is 0.0632. The fourth-order valence-corrected chi connectivity index (χ4v) is 2.24. The van der Waals surface area contributed by atoms with E-state index in [2.05, 4.69) is 15.5 Å². The Morgan fingerprint density at radius 3 is 2.59 bits per heavy atom. The van der Waals surface area contributed by atoms with Crippen molar-refractivity contribution in [3.05, 3.63) is 46.6 Å². The molecule has 7 heteroatoms. The Bertz CT molecular complexity index is 625. The summed E-state index contributed by atoms with van der Waals surface area (Å²) in [6, 6.07) is 7.67. The molecule has 1 unspecified atom stereocenters. The Kier molecular flexibility index (Phi) is 5.51. The first-order chi connectivity index (χ1) is 10.5. The van der Waals surface area contributed by atoms with Crippen molar-refractivity contribution in [2.75, 3.05) is 20.6 Å². The third kappa shape index (κ3) is 4.54. The van der Waals surface area contributed by atoms with E-state index in [1.165, 1.54) is 0 Å². The summed E-state index contributed by atoms with van der Waals surface area (Å²) in [5.74, 6) is 0.708. The van der Waals surface area contributed by atoms with Crippen molar-refractivity contribution in [1.29, 1.82) is 0 Å². The zero-order valence-corrected chi connectivity index (χ0v) is 13.6. The van der Waals surface area contributed by atoms with Gasteiger partial charge in [0.2, 0.25) is 11.8 Å². The smallest absolute Gasteiger partial charge is 0.227 e. The maximum atomic E-state index is 12.0. The number of aromatic nitrogens is 2. The van der Waals surface area contributed by atoms with E-state index in [4.69, 9.17) is 16.1 Å². The highest BCUT2D eigenvalue weighted by Crippen LogP contribution is 2.19. The summed E-state index contributed by atoms with van der Waals surface area (Å²) in [6.45, 7) is 2.18. The number of hydrogen-bond acceptors (Lipinski definition) is 5. The second kappa shape index (κ2) is 7.38. The van der Waals surface area contributed by atoms with Crippen LogP contribution in [0.3, 0.4) is 0 Å². The molecule has 1 atom stereocenters. The minimum Gasteiger partial charge on any atom is -0.354 e. The molecule has 1 amide bonds. The molecule has 6 nitrogen and oxygen atoms in total. The van der Waals surface area contributed by atoms with Gasteiger partial charge in [-0.25, -0.2) is 0 Å². The van der Waals surface area contributed by atoms with Gasteiger partial charge in [-0.05, 0) is 31.8 Å². The lowest BCUT2D eigenvalue weighted by atomic mass is 10.1. The van der Waals surface area contributed by atoms with Gasteiger partial charge in [0.1, 0.15) is 0 Å². The normalized spacial score (nSPS) is 12.4. The molecule has 22 heavy (non-hydrogen) atoms. The molecule has 0 radical (unpaired) electrons. The molecule has 0 saturated carbocycles. The highest BCUT2D eigenvalue weighted by Gasteiger charge is 2.16. The van der Waals surface area contributed by atoms with Crippen molar-refractivity contribution in [3.8, 4) is 0 Å². The number of nitrogens with one attached hydrogen (secondary N) is 1. The van der Waals surface area contributed by atoms with Crippen molar-refractivity contribution in [1.82, 2.24) is 20.4 Å². The molecule has 1 N–H and O–H groups in total. The van der Waals surface area contributed by atoms with Gasteiger partial charge in [0.15, 0.2) is 5.82 Å². The molecule has 1 aromatic carbocycles. The summed E-state index contributed by atoms with van der Waals surface area (Å²) in [5.41, 5.74) is 1.09. The number of benzene rings is 1. The number of nitrogens with zero attached hydrogens (tertiary/aromatic N) is 3. The first-order valence-electron chi connectivity index (χ1n) is 6.93. The lowest BCUT2D eigenvalue weighted by molar-refractivity contribution is -0.120. The summed E-state index contributed by atoms with van der Waals surface area (Å²) >= 11 is 5.91. The van der Waals surface area contributed by atoms with Crippen molar-refractivity contribution >= 4 is 17.5 Å². The van der Waals surface area contributed by atoms with Gasteiger partial charge in [0.05, 0.1) is 12.5 Å². The predicted molar refractivity (Wildman–Crippen MR) is 83.6 cm³/mol. The molecule has 2 aromatic rings. The summed E-state index contributed by atoms with van der Waals surface area (Å²) in [6.07, 6.45) is 0.109. The molecule has 0 saturated heterocycles. The van der Waals surface area contributed by atoms with Crippen molar-refractivity contribution in [2.24, 2.45) is 0 Å². The van der Waals surface area contributed by atoms with Gasteiger partial charge in [0, 0.05) is 18.5 Å². The summed E-state index contributed by atoms with van der Waals surface area (Å²) < 4.78 is 4.85. The molecule has 0 aliphatic rings. The maximum Gasteiger partial charge on any atom is 0.227 e. The second-order valence-electron chi connectivity index (χ2n) is 5.24. The van der Waals surface area contributed by atoms with Gasteiger partial charge in [-0.15, -0.1) is 0 Å². The molecule has 1 heterocycles. The zero-order valence-electron chi connectivity index (χ0n) is 12.8. The monoisotopic (exact) mass is 322 g/mol. The first-order valence-corrected chi connectivity index (χ1v) is 7.31. The number of aryl methyl sites for hydroxylation is 1. The van der Waals surface area contributed by atoms with Crippen LogP contribution in [0.2, 0.25) is 5.02 Å². The lowest BCUT2D eigenvalue weighted by Crippen LogP contribution is -2.35. The average molecular weight is 323 g/mol. The maximum absolute atomic E-state index is 12.0. The number of amides is 1. The number of carbonyl (C=O) groups excluding carboxylic acids is 1. The fourth-order valence-electron chi connectivity index (χ4n) is 2.11. The van der Waals surface area contributed by atoms with E-state index in [0.717, 1.165) is 5.56 Å². The van der Waals surface area contributed by atoms with Gasteiger partial charge >= 0.3 is 0 Å². The third-order valence-electron chi connectivity index (χ3n) is 3.26. The van der Waals surface area contributed by atoms with Crippen molar-refractivity contribution in [2.45, 2.75) is 19.4 Å². The highest BCUT2D eigenvalue weighted by molar-refractivity contribution is 6.30. The molecule has 118 valence electrons. The van der Waals surface area contributed by atoms with Crippen LogP contribution < -0.4 is 5.32 Å². The Labute approximate surface area is 134 Å². The van der Waals surface area contributed by atoms with Crippen molar-refractivity contribution in [3.63, 3.8) is 0 Å². The summed E-state index contributed by atoms with van der Waals surface area (Å²) in [5, 5.41) is 7.31. The van der Waals surface area contributed by atoms with Crippen LogP contribution in [0.5, 0.6) is 0 Å². The van der Waals surface area contributed by atoms with Crippen LogP contribution in [0.25, 0.3) is 0 Å². The topological polar surface area (TPSA) is 71.3 Å². The Morgan fingerprint density at radius 2 is 2.05 bits per heavy atom. The zero-order chi connectivity index (χ0) is 16.1. The highest BCUT2D eigenvalue weighted by atomic mass is 35.5. The Hall–Kier alpha value is -1.92. The lowest BCUT2D eigenvalue weighted by Gasteiger charge is -2.25. The second-order valence-corrected chi connectivity index (χ2v) is 5.68. The molecule has 1 aromatic heterocycles. The first kappa shape index (κ1) is 16.5. The van der Waals surface area contributed by atoms with E-state index in [0.29, 0.717) is 23.3 Å². The fraction of sp³-hybridized carbons (Fsp3) is 0.400. The number of carbonyl (C=O) groups is 1. The minimum atomic E-state index is -0.137. The molecule has 0 fully saturated rings. The van der Waals surface area contributed by atoms with Gasteiger partial charge in [-0.1, -0.05) is 28.9 Å². The van der Waals surface area contributed by atoms with Gasteiger partial charge in [-0.3, -0.25) is 4.79 Å².